The predicted molar refractivity (Wildman–Crippen MR) is 78.1 cm³/mol. The Bertz CT molecular complexity index is 558. The summed E-state index contributed by atoms with van der Waals surface area (Å²) in [5.41, 5.74) is 8.97. The van der Waals surface area contributed by atoms with Crippen molar-refractivity contribution < 1.29 is 0 Å². The van der Waals surface area contributed by atoms with E-state index in [1.54, 1.807) is 0 Å². The number of para-hydroxylation sites is 1. The summed E-state index contributed by atoms with van der Waals surface area (Å²) in [5, 5.41) is 4.67. The van der Waals surface area contributed by atoms with Crippen LogP contribution in [0, 0.1) is 6.92 Å². The highest BCUT2D eigenvalue weighted by molar-refractivity contribution is 9.10. The first-order valence-corrected chi connectivity index (χ1v) is 6.77. The second-order valence-electron chi connectivity index (χ2n) is 5.14. The van der Waals surface area contributed by atoms with Crippen molar-refractivity contribution in [2.24, 2.45) is 5.73 Å². The molecule has 0 aliphatic carbocycles. The summed E-state index contributed by atoms with van der Waals surface area (Å²) in [6.07, 6.45) is 2.00. The lowest BCUT2D eigenvalue weighted by Gasteiger charge is -2.20. The van der Waals surface area contributed by atoms with E-state index in [0.717, 1.165) is 15.9 Å². The number of rotatable bonds is 3. The lowest BCUT2D eigenvalue weighted by molar-refractivity contribution is 0.513. The second-order valence-corrected chi connectivity index (χ2v) is 6.00. The van der Waals surface area contributed by atoms with Crippen molar-refractivity contribution in [2.45, 2.75) is 26.2 Å². The van der Waals surface area contributed by atoms with Gasteiger partial charge in [0.05, 0.1) is 15.9 Å². The molecule has 0 saturated carbocycles. The van der Waals surface area contributed by atoms with E-state index >= 15 is 0 Å². The van der Waals surface area contributed by atoms with E-state index < -0.39 is 0 Å². The minimum absolute atomic E-state index is 0.132. The second kappa shape index (κ2) is 4.86. The molecule has 0 spiro atoms. The van der Waals surface area contributed by atoms with Gasteiger partial charge in [0, 0.05) is 18.2 Å². The Morgan fingerprint density at radius 2 is 2.00 bits per heavy atom. The number of nitrogens with zero attached hydrogens (tertiary/aromatic N) is 2. The third kappa shape index (κ3) is 2.35. The van der Waals surface area contributed by atoms with Crippen molar-refractivity contribution in [3.8, 4) is 5.69 Å². The first-order chi connectivity index (χ1) is 8.45. The van der Waals surface area contributed by atoms with Gasteiger partial charge in [-0.25, -0.2) is 4.68 Å². The minimum Gasteiger partial charge on any atom is -0.330 e. The summed E-state index contributed by atoms with van der Waals surface area (Å²) in [6, 6.07) is 8.19. The molecule has 18 heavy (non-hydrogen) atoms. The molecule has 1 heterocycles. The number of benzene rings is 1. The summed E-state index contributed by atoms with van der Waals surface area (Å²) >= 11 is 3.58. The van der Waals surface area contributed by atoms with Gasteiger partial charge in [-0.05, 0) is 34.5 Å². The molecular formula is C14H18BrN3. The third-order valence-electron chi connectivity index (χ3n) is 3.18. The standard InChI is InChI=1S/C14H18BrN3/c1-10-6-4-5-7-12(10)18-8-11(15)13(17-18)14(2,3)9-16/h4-8H,9,16H2,1-3H3. The molecule has 3 nitrogen and oxygen atoms in total. The monoisotopic (exact) mass is 307 g/mol. The van der Waals surface area contributed by atoms with E-state index in [9.17, 15) is 0 Å². The van der Waals surface area contributed by atoms with Crippen molar-refractivity contribution in [1.29, 1.82) is 0 Å². The van der Waals surface area contributed by atoms with Crippen molar-refractivity contribution in [1.82, 2.24) is 9.78 Å². The highest BCUT2D eigenvalue weighted by Crippen LogP contribution is 2.29. The zero-order valence-corrected chi connectivity index (χ0v) is 12.5. The lowest BCUT2D eigenvalue weighted by atomic mass is 9.90. The molecule has 0 aliphatic rings. The fraction of sp³-hybridized carbons (Fsp3) is 0.357. The van der Waals surface area contributed by atoms with Gasteiger partial charge >= 0.3 is 0 Å². The van der Waals surface area contributed by atoms with Gasteiger partial charge in [-0.1, -0.05) is 32.0 Å². The van der Waals surface area contributed by atoms with Crippen molar-refractivity contribution in [2.75, 3.05) is 6.54 Å². The van der Waals surface area contributed by atoms with Gasteiger partial charge in [-0.3, -0.25) is 0 Å². The number of halogens is 1. The van der Waals surface area contributed by atoms with Crippen molar-refractivity contribution >= 4 is 15.9 Å². The summed E-state index contributed by atoms with van der Waals surface area (Å²) < 4.78 is 2.91. The van der Waals surface area contributed by atoms with Crippen LogP contribution < -0.4 is 5.73 Å². The Balaban J connectivity index is 2.51. The Hall–Kier alpha value is -1.13. The van der Waals surface area contributed by atoms with E-state index in [2.05, 4.69) is 53.9 Å². The van der Waals surface area contributed by atoms with Gasteiger partial charge in [0.2, 0.25) is 0 Å². The smallest absolute Gasteiger partial charge is 0.0839 e. The molecule has 0 amide bonds. The van der Waals surface area contributed by atoms with Crippen molar-refractivity contribution in [3.05, 3.63) is 46.2 Å². The van der Waals surface area contributed by atoms with Crippen LogP contribution in [-0.4, -0.2) is 16.3 Å². The first-order valence-electron chi connectivity index (χ1n) is 5.97. The van der Waals surface area contributed by atoms with Crippen LogP contribution in [-0.2, 0) is 5.41 Å². The zero-order valence-electron chi connectivity index (χ0n) is 10.9. The van der Waals surface area contributed by atoms with E-state index in [0.29, 0.717) is 6.54 Å². The van der Waals surface area contributed by atoms with Crippen molar-refractivity contribution in [3.63, 3.8) is 0 Å². The Labute approximate surface area is 116 Å². The summed E-state index contributed by atoms with van der Waals surface area (Å²) in [5.74, 6) is 0. The van der Waals surface area contributed by atoms with Gasteiger partial charge in [-0.15, -0.1) is 0 Å². The average molecular weight is 308 g/mol. The SMILES string of the molecule is Cc1ccccc1-n1cc(Br)c(C(C)(C)CN)n1. The highest BCUT2D eigenvalue weighted by atomic mass is 79.9. The molecule has 4 heteroatoms. The van der Waals surface area contributed by atoms with Gasteiger partial charge in [0.15, 0.2) is 0 Å². The molecule has 1 aromatic carbocycles. The number of hydrogen-bond donors (Lipinski definition) is 1. The summed E-state index contributed by atoms with van der Waals surface area (Å²) in [4.78, 5) is 0. The molecule has 0 unspecified atom stereocenters. The van der Waals surface area contributed by atoms with Crippen LogP contribution >= 0.6 is 15.9 Å². The topological polar surface area (TPSA) is 43.8 Å². The molecule has 2 aromatic rings. The molecule has 0 atom stereocenters. The van der Waals surface area contributed by atoms with Gasteiger partial charge < -0.3 is 5.73 Å². The predicted octanol–water partition coefficient (Wildman–Crippen LogP) is 3.18. The molecule has 96 valence electrons. The largest absolute Gasteiger partial charge is 0.330 e. The molecular weight excluding hydrogens is 290 g/mol. The molecule has 0 bridgehead atoms. The number of hydrogen-bond acceptors (Lipinski definition) is 2. The number of aryl methyl sites for hydroxylation is 1. The maximum absolute atomic E-state index is 5.81. The Kier molecular flexibility index (Phi) is 3.59. The van der Waals surface area contributed by atoms with Crippen LogP contribution in [0.3, 0.4) is 0 Å². The van der Waals surface area contributed by atoms with E-state index in [4.69, 9.17) is 5.73 Å². The van der Waals surface area contributed by atoms with Crippen LogP contribution in [0.5, 0.6) is 0 Å². The van der Waals surface area contributed by atoms with Gasteiger partial charge in [0.25, 0.3) is 0 Å². The fourth-order valence-corrected chi connectivity index (χ4v) is 2.66. The summed E-state index contributed by atoms with van der Waals surface area (Å²) in [7, 11) is 0. The Morgan fingerprint density at radius 3 is 2.61 bits per heavy atom. The quantitative estimate of drug-likeness (QED) is 0.946. The molecule has 0 fully saturated rings. The molecule has 2 N–H and O–H groups in total. The van der Waals surface area contributed by atoms with Crippen LogP contribution in [0.25, 0.3) is 5.69 Å². The summed E-state index contributed by atoms with van der Waals surface area (Å²) in [6.45, 7) is 6.85. The van der Waals surface area contributed by atoms with Crippen LogP contribution in [0.1, 0.15) is 25.1 Å². The zero-order chi connectivity index (χ0) is 13.3. The van der Waals surface area contributed by atoms with E-state index in [-0.39, 0.29) is 5.41 Å². The maximum Gasteiger partial charge on any atom is 0.0839 e. The molecule has 0 radical (unpaired) electrons. The molecule has 2 rings (SSSR count). The minimum atomic E-state index is -0.132. The molecule has 0 saturated heterocycles. The van der Waals surface area contributed by atoms with Gasteiger partial charge in [-0.2, -0.15) is 5.10 Å². The van der Waals surface area contributed by atoms with Crippen LogP contribution in [0.2, 0.25) is 0 Å². The first kappa shape index (κ1) is 13.3. The van der Waals surface area contributed by atoms with E-state index in [1.165, 1.54) is 5.56 Å². The highest BCUT2D eigenvalue weighted by Gasteiger charge is 2.25. The normalized spacial score (nSPS) is 11.8. The fourth-order valence-electron chi connectivity index (χ4n) is 1.85. The average Bonchev–Trinajstić information content (AvgIpc) is 2.72. The Morgan fingerprint density at radius 1 is 1.33 bits per heavy atom. The maximum atomic E-state index is 5.81. The van der Waals surface area contributed by atoms with Crippen LogP contribution in [0.4, 0.5) is 0 Å². The molecule has 0 aliphatic heterocycles. The molecule has 1 aromatic heterocycles. The van der Waals surface area contributed by atoms with Gasteiger partial charge in [0.1, 0.15) is 0 Å². The van der Waals surface area contributed by atoms with Crippen LogP contribution in [0.15, 0.2) is 34.9 Å². The lowest BCUT2D eigenvalue weighted by Crippen LogP contribution is -2.29. The number of aromatic nitrogens is 2. The van der Waals surface area contributed by atoms with E-state index in [1.807, 2.05) is 23.0 Å². The number of nitrogens with two attached hydrogens (primary N) is 1. The third-order valence-corrected chi connectivity index (χ3v) is 3.76.